The highest BCUT2D eigenvalue weighted by atomic mass is 127. The normalized spacial score (nSPS) is 13.8. The van der Waals surface area contributed by atoms with Crippen molar-refractivity contribution in [3.05, 3.63) is 0 Å². The highest BCUT2D eigenvalue weighted by Crippen LogP contribution is 2.12. The van der Waals surface area contributed by atoms with Gasteiger partial charge in [0.05, 0.1) is 11.2 Å². The van der Waals surface area contributed by atoms with Crippen molar-refractivity contribution in [1.82, 2.24) is 0 Å². The Labute approximate surface area is 90.5 Å². The van der Waals surface area contributed by atoms with Gasteiger partial charge >= 0.3 is 0 Å². The van der Waals surface area contributed by atoms with Gasteiger partial charge in [-0.2, -0.15) is 4.99 Å². The van der Waals surface area contributed by atoms with E-state index in [2.05, 4.69) is 50.0 Å². The van der Waals surface area contributed by atoms with Gasteiger partial charge in [-0.25, -0.2) is 9.79 Å². The molecule has 0 amide bonds. The summed E-state index contributed by atoms with van der Waals surface area (Å²) in [5.41, 5.74) is 0. The summed E-state index contributed by atoms with van der Waals surface area (Å²) < 4.78 is 0.00266. The Balaban J connectivity index is 3.66. The Kier molecular flexibility index (Phi) is 7.50. The molecule has 5 heteroatoms. The second-order valence-corrected chi connectivity index (χ2v) is 3.92. The number of rotatable bonds is 5. The van der Waals surface area contributed by atoms with Gasteiger partial charge in [-0.05, 0) is 32.0 Å². The molecule has 0 fully saturated rings. The Hall–Kier alpha value is -0.0900. The van der Waals surface area contributed by atoms with Crippen molar-refractivity contribution < 1.29 is 4.79 Å². The van der Waals surface area contributed by atoms with Crippen LogP contribution in [0.25, 0.3) is 0 Å². The SMILES string of the molecule is CC(CCC(I)N=C=O)N=C=S. The van der Waals surface area contributed by atoms with Crippen LogP contribution in [0.15, 0.2) is 9.98 Å². The molecule has 12 heavy (non-hydrogen) atoms. The molecule has 66 valence electrons. The van der Waals surface area contributed by atoms with E-state index in [1.54, 1.807) is 0 Å². The van der Waals surface area contributed by atoms with Crippen molar-refractivity contribution >= 4 is 46.0 Å². The predicted octanol–water partition coefficient (Wildman–Crippen LogP) is 2.35. The molecule has 0 aliphatic heterocycles. The fourth-order valence-corrected chi connectivity index (χ4v) is 1.31. The zero-order valence-corrected chi connectivity index (χ0v) is 9.63. The van der Waals surface area contributed by atoms with Crippen LogP contribution >= 0.6 is 34.8 Å². The van der Waals surface area contributed by atoms with Crippen molar-refractivity contribution in [1.29, 1.82) is 0 Å². The van der Waals surface area contributed by atoms with Crippen molar-refractivity contribution in [2.75, 3.05) is 0 Å². The molecule has 0 heterocycles. The quantitative estimate of drug-likeness (QED) is 0.195. The molecule has 2 atom stereocenters. The first-order valence-corrected chi connectivity index (χ1v) is 5.14. The Morgan fingerprint density at radius 2 is 2.17 bits per heavy atom. The second kappa shape index (κ2) is 7.55. The van der Waals surface area contributed by atoms with Crippen molar-refractivity contribution in [2.24, 2.45) is 9.98 Å². The third-order valence-corrected chi connectivity index (χ3v) is 2.30. The Morgan fingerprint density at radius 3 is 2.67 bits per heavy atom. The maximum atomic E-state index is 9.84. The summed E-state index contributed by atoms with van der Waals surface area (Å²) in [7, 11) is 0. The number of carbonyl (C=O) groups excluding carboxylic acids is 1. The summed E-state index contributed by atoms with van der Waals surface area (Å²) in [6, 6.07) is 0.168. The first kappa shape index (κ1) is 11.9. The lowest BCUT2D eigenvalue weighted by Crippen LogP contribution is -2.01. The summed E-state index contributed by atoms with van der Waals surface area (Å²) in [4.78, 5) is 17.3. The minimum absolute atomic E-state index is 0.00266. The molecule has 0 aromatic carbocycles. The van der Waals surface area contributed by atoms with Crippen molar-refractivity contribution in [3.8, 4) is 0 Å². The van der Waals surface area contributed by atoms with Crippen LogP contribution in [0.5, 0.6) is 0 Å². The van der Waals surface area contributed by atoms with Crippen LogP contribution in [0.3, 0.4) is 0 Å². The number of isocyanates is 1. The van der Waals surface area contributed by atoms with E-state index in [-0.39, 0.29) is 10.1 Å². The van der Waals surface area contributed by atoms with E-state index in [0.29, 0.717) is 0 Å². The average molecular weight is 296 g/mol. The Morgan fingerprint density at radius 1 is 1.50 bits per heavy atom. The lowest BCUT2D eigenvalue weighted by molar-refractivity contribution is 0.559. The molecule has 0 aromatic heterocycles. The van der Waals surface area contributed by atoms with Gasteiger partial charge in [-0.1, -0.05) is 22.6 Å². The number of isothiocyanates is 1. The first-order valence-electron chi connectivity index (χ1n) is 3.48. The summed E-state index contributed by atoms with van der Waals surface area (Å²) in [5, 5.41) is 2.32. The fourth-order valence-electron chi connectivity index (χ4n) is 0.655. The van der Waals surface area contributed by atoms with E-state index in [1.165, 1.54) is 6.08 Å². The fraction of sp³-hybridized carbons (Fsp3) is 0.714. The van der Waals surface area contributed by atoms with Crippen LogP contribution < -0.4 is 0 Å². The van der Waals surface area contributed by atoms with Crippen molar-refractivity contribution in [2.45, 2.75) is 29.9 Å². The van der Waals surface area contributed by atoms with Gasteiger partial charge in [-0.15, -0.1) is 0 Å². The molecule has 0 saturated carbocycles. The monoisotopic (exact) mass is 296 g/mol. The molecular formula is C7H9IN2OS. The molecule has 0 saturated heterocycles. The number of thiocarbonyl (C=S) groups is 1. The molecule has 0 N–H and O–H groups in total. The molecule has 2 unspecified atom stereocenters. The van der Waals surface area contributed by atoms with E-state index >= 15 is 0 Å². The molecule has 0 aliphatic carbocycles. The lowest BCUT2D eigenvalue weighted by Gasteiger charge is -2.04. The van der Waals surface area contributed by atoms with Gasteiger partial charge in [0.15, 0.2) is 0 Å². The highest BCUT2D eigenvalue weighted by Gasteiger charge is 2.04. The van der Waals surface area contributed by atoms with E-state index < -0.39 is 0 Å². The average Bonchev–Trinajstić information content (AvgIpc) is 2.02. The molecule has 0 radical (unpaired) electrons. The molecular weight excluding hydrogens is 287 g/mol. The van der Waals surface area contributed by atoms with Gasteiger partial charge in [0.25, 0.3) is 0 Å². The van der Waals surface area contributed by atoms with Crippen molar-refractivity contribution in [3.63, 3.8) is 0 Å². The number of hydrogen-bond acceptors (Lipinski definition) is 4. The van der Waals surface area contributed by atoms with E-state index in [4.69, 9.17) is 0 Å². The third-order valence-electron chi connectivity index (χ3n) is 1.29. The van der Waals surface area contributed by atoms with Gasteiger partial charge in [0.1, 0.15) is 4.05 Å². The number of nitrogens with zero attached hydrogens (tertiary/aromatic N) is 2. The van der Waals surface area contributed by atoms with Crippen LogP contribution in [0.1, 0.15) is 19.8 Å². The zero-order chi connectivity index (χ0) is 9.40. The number of halogens is 1. The summed E-state index contributed by atoms with van der Waals surface area (Å²) in [6.07, 6.45) is 3.20. The van der Waals surface area contributed by atoms with Gasteiger partial charge in [-0.3, -0.25) is 0 Å². The predicted molar refractivity (Wildman–Crippen MR) is 59.7 cm³/mol. The van der Waals surface area contributed by atoms with Gasteiger partial charge in [0, 0.05) is 0 Å². The smallest absolute Gasteiger partial charge is 0.229 e. The van der Waals surface area contributed by atoms with Crippen LogP contribution in [-0.4, -0.2) is 21.3 Å². The summed E-state index contributed by atoms with van der Waals surface area (Å²) in [6.45, 7) is 1.95. The standard InChI is InChI=1S/C7H9IN2OS/c1-6(10-5-12)2-3-7(8)9-4-11/h6-7H,2-3H2,1H3. The third kappa shape index (κ3) is 6.61. The largest absolute Gasteiger partial charge is 0.236 e. The number of aliphatic imine (C=N–C) groups is 2. The minimum Gasteiger partial charge on any atom is -0.229 e. The van der Waals surface area contributed by atoms with Gasteiger partial charge in [0.2, 0.25) is 6.08 Å². The molecule has 0 aliphatic rings. The molecule has 3 nitrogen and oxygen atoms in total. The van der Waals surface area contributed by atoms with Crippen LogP contribution in [0.2, 0.25) is 0 Å². The van der Waals surface area contributed by atoms with E-state index in [0.717, 1.165) is 12.8 Å². The maximum absolute atomic E-state index is 9.84. The molecule has 0 bridgehead atoms. The Bertz CT molecular complexity index is 197. The second-order valence-electron chi connectivity index (χ2n) is 2.30. The maximum Gasteiger partial charge on any atom is 0.236 e. The van der Waals surface area contributed by atoms with Crippen LogP contribution in [-0.2, 0) is 4.79 Å². The summed E-state index contributed by atoms with van der Waals surface area (Å²) in [5.74, 6) is 0. The number of hydrogen-bond donors (Lipinski definition) is 0. The van der Waals surface area contributed by atoms with Crippen LogP contribution in [0.4, 0.5) is 0 Å². The lowest BCUT2D eigenvalue weighted by atomic mass is 10.2. The zero-order valence-electron chi connectivity index (χ0n) is 6.66. The number of alkyl halides is 1. The summed E-state index contributed by atoms with van der Waals surface area (Å²) >= 11 is 6.54. The van der Waals surface area contributed by atoms with E-state index in [1.807, 2.05) is 6.92 Å². The molecule has 0 rings (SSSR count). The molecule has 0 spiro atoms. The van der Waals surface area contributed by atoms with Gasteiger partial charge < -0.3 is 0 Å². The molecule has 0 aromatic rings. The highest BCUT2D eigenvalue weighted by molar-refractivity contribution is 14.1. The minimum atomic E-state index is 0.00266. The topological polar surface area (TPSA) is 41.8 Å². The van der Waals surface area contributed by atoms with E-state index in [9.17, 15) is 4.79 Å². The first-order chi connectivity index (χ1) is 5.70. The van der Waals surface area contributed by atoms with Crippen LogP contribution in [0, 0.1) is 0 Å².